The molecular formula is C13H24O3. The van der Waals surface area contributed by atoms with Crippen molar-refractivity contribution in [3.8, 4) is 0 Å². The maximum Gasteiger partial charge on any atom is 0.305 e. The Bertz CT molecular complexity index is 237. The Morgan fingerprint density at radius 1 is 1.38 bits per heavy atom. The first-order valence-corrected chi connectivity index (χ1v) is 6.18. The third-order valence-electron chi connectivity index (χ3n) is 4.06. The first kappa shape index (κ1) is 13.5. The summed E-state index contributed by atoms with van der Waals surface area (Å²) in [4.78, 5) is 11.4. The standard InChI is InChI=1S/C13H24O3/c1-10(2)13(16-4)8-6-5-7-11(13)9-12(14)15-3/h10-11H,5-9H2,1-4H3/t11-,13-/m0/s1. The van der Waals surface area contributed by atoms with Gasteiger partial charge in [0.05, 0.1) is 19.1 Å². The van der Waals surface area contributed by atoms with E-state index in [4.69, 9.17) is 9.47 Å². The van der Waals surface area contributed by atoms with Crippen LogP contribution in [0, 0.1) is 11.8 Å². The fraction of sp³-hybridized carbons (Fsp3) is 0.923. The highest BCUT2D eigenvalue weighted by Crippen LogP contribution is 2.43. The molecule has 0 heterocycles. The molecule has 1 aliphatic carbocycles. The molecule has 0 aromatic heterocycles. The minimum Gasteiger partial charge on any atom is -0.469 e. The Hall–Kier alpha value is -0.570. The highest BCUT2D eigenvalue weighted by molar-refractivity contribution is 5.69. The molecule has 2 atom stereocenters. The van der Waals surface area contributed by atoms with Crippen molar-refractivity contribution >= 4 is 5.97 Å². The molecule has 0 aromatic rings. The first-order chi connectivity index (χ1) is 7.56. The summed E-state index contributed by atoms with van der Waals surface area (Å²) in [7, 11) is 3.23. The molecule has 0 saturated heterocycles. The van der Waals surface area contributed by atoms with Gasteiger partial charge in [0.2, 0.25) is 0 Å². The molecule has 1 saturated carbocycles. The third-order valence-corrected chi connectivity index (χ3v) is 4.06. The predicted molar refractivity (Wildman–Crippen MR) is 63.2 cm³/mol. The molecule has 1 rings (SSSR count). The average molecular weight is 228 g/mol. The number of carbonyl (C=O) groups is 1. The number of carbonyl (C=O) groups excluding carboxylic acids is 1. The van der Waals surface area contributed by atoms with E-state index < -0.39 is 0 Å². The molecule has 16 heavy (non-hydrogen) atoms. The fourth-order valence-corrected chi connectivity index (χ4v) is 3.06. The van der Waals surface area contributed by atoms with Crippen molar-refractivity contribution in [1.29, 1.82) is 0 Å². The quantitative estimate of drug-likeness (QED) is 0.694. The summed E-state index contributed by atoms with van der Waals surface area (Å²) in [5.41, 5.74) is -0.132. The molecule has 3 nitrogen and oxygen atoms in total. The van der Waals surface area contributed by atoms with E-state index in [0.29, 0.717) is 18.3 Å². The molecule has 0 spiro atoms. The first-order valence-electron chi connectivity index (χ1n) is 6.18. The van der Waals surface area contributed by atoms with Gasteiger partial charge >= 0.3 is 5.97 Å². The Balaban J connectivity index is 2.80. The molecule has 0 amide bonds. The van der Waals surface area contributed by atoms with Gasteiger partial charge in [0, 0.05) is 7.11 Å². The second kappa shape index (κ2) is 5.67. The molecule has 0 unspecified atom stereocenters. The van der Waals surface area contributed by atoms with Gasteiger partial charge in [-0.1, -0.05) is 26.7 Å². The maximum absolute atomic E-state index is 11.4. The predicted octanol–water partition coefficient (Wildman–Crippen LogP) is 2.78. The van der Waals surface area contributed by atoms with Crippen LogP contribution in [0.3, 0.4) is 0 Å². The minimum atomic E-state index is -0.132. The van der Waals surface area contributed by atoms with Gasteiger partial charge in [0.25, 0.3) is 0 Å². The molecule has 94 valence electrons. The number of rotatable bonds is 4. The van der Waals surface area contributed by atoms with Gasteiger partial charge in [0.1, 0.15) is 0 Å². The van der Waals surface area contributed by atoms with Gasteiger partial charge in [-0.25, -0.2) is 0 Å². The third kappa shape index (κ3) is 2.57. The largest absolute Gasteiger partial charge is 0.469 e. The van der Waals surface area contributed by atoms with Gasteiger partial charge < -0.3 is 9.47 Å². The number of hydrogen-bond acceptors (Lipinski definition) is 3. The van der Waals surface area contributed by atoms with Crippen LogP contribution in [0.5, 0.6) is 0 Å². The summed E-state index contributed by atoms with van der Waals surface area (Å²) in [6, 6.07) is 0. The Kier molecular flexibility index (Phi) is 4.78. The van der Waals surface area contributed by atoms with Crippen molar-refractivity contribution in [2.75, 3.05) is 14.2 Å². The smallest absolute Gasteiger partial charge is 0.305 e. The summed E-state index contributed by atoms with van der Waals surface area (Å²) in [5.74, 6) is 0.625. The van der Waals surface area contributed by atoms with E-state index in [2.05, 4.69) is 13.8 Å². The molecule has 1 aliphatic rings. The van der Waals surface area contributed by atoms with Crippen LogP contribution in [0.15, 0.2) is 0 Å². The van der Waals surface area contributed by atoms with E-state index >= 15 is 0 Å². The molecule has 1 fully saturated rings. The van der Waals surface area contributed by atoms with Crippen LogP contribution in [0.25, 0.3) is 0 Å². The monoisotopic (exact) mass is 228 g/mol. The van der Waals surface area contributed by atoms with E-state index in [1.54, 1.807) is 7.11 Å². The summed E-state index contributed by atoms with van der Waals surface area (Å²) in [6.07, 6.45) is 5.01. The summed E-state index contributed by atoms with van der Waals surface area (Å²) >= 11 is 0. The van der Waals surface area contributed by atoms with Crippen LogP contribution in [0.2, 0.25) is 0 Å². The zero-order valence-corrected chi connectivity index (χ0v) is 10.9. The highest BCUT2D eigenvalue weighted by Gasteiger charge is 2.44. The van der Waals surface area contributed by atoms with Gasteiger partial charge in [-0.05, 0) is 24.7 Å². The molecule has 0 aliphatic heterocycles. The normalized spacial score (nSPS) is 30.4. The topological polar surface area (TPSA) is 35.5 Å². The van der Waals surface area contributed by atoms with Gasteiger partial charge in [0.15, 0.2) is 0 Å². The molecular weight excluding hydrogens is 204 g/mol. The molecule has 0 radical (unpaired) electrons. The average Bonchev–Trinajstić information content (AvgIpc) is 2.29. The Morgan fingerprint density at radius 2 is 2.06 bits per heavy atom. The second-order valence-electron chi connectivity index (χ2n) is 5.04. The van der Waals surface area contributed by atoms with Crippen LogP contribution in [-0.2, 0) is 14.3 Å². The van der Waals surface area contributed by atoms with Crippen LogP contribution >= 0.6 is 0 Å². The zero-order chi connectivity index (χ0) is 12.2. The molecule has 0 N–H and O–H groups in total. The van der Waals surface area contributed by atoms with Gasteiger partial charge in [-0.2, -0.15) is 0 Å². The van der Waals surface area contributed by atoms with E-state index in [9.17, 15) is 4.79 Å². The number of hydrogen-bond donors (Lipinski definition) is 0. The highest BCUT2D eigenvalue weighted by atomic mass is 16.5. The Morgan fingerprint density at radius 3 is 2.56 bits per heavy atom. The van der Waals surface area contributed by atoms with Gasteiger partial charge in [-0.15, -0.1) is 0 Å². The van der Waals surface area contributed by atoms with Crippen molar-refractivity contribution in [2.24, 2.45) is 11.8 Å². The maximum atomic E-state index is 11.4. The van der Waals surface area contributed by atoms with Crippen molar-refractivity contribution in [3.05, 3.63) is 0 Å². The van der Waals surface area contributed by atoms with E-state index in [0.717, 1.165) is 12.8 Å². The molecule has 3 heteroatoms. The van der Waals surface area contributed by atoms with Crippen LogP contribution in [0.1, 0.15) is 46.0 Å². The Labute approximate surface area is 98.5 Å². The van der Waals surface area contributed by atoms with E-state index in [1.807, 2.05) is 0 Å². The molecule has 0 aromatic carbocycles. The SMILES string of the molecule is COC(=O)C[C@@H]1CCCC[C@]1(OC)C(C)C. The van der Waals surface area contributed by atoms with E-state index in [-0.39, 0.29) is 11.6 Å². The van der Waals surface area contributed by atoms with Crippen molar-refractivity contribution in [2.45, 2.75) is 51.6 Å². The number of esters is 1. The van der Waals surface area contributed by atoms with Crippen LogP contribution < -0.4 is 0 Å². The lowest BCUT2D eigenvalue weighted by Gasteiger charge is -2.46. The minimum absolute atomic E-state index is 0.117. The summed E-state index contributed by atoms with van der Waals surface area (Å²) in [5, 5.41) is 0. The van der Waals surface area contributed by atoms with Crippen LogP contribution in [0.4, 0.5) is 0 Å². The number of methoxy groups -OCH3 is 2. The van der Waals surface area contributed by atoms with E-state index in [1.165, 1.54) is 20.0 Å². The lowest BCUT2D eigenvalue weighted by molar-refractivity contribution is -0.152. The zero-order valence-electron chi connectivity index (χ0n) is 10.9. The lowest BCUT2D eigenvalue weighted by atomic mass is 9.68. The summed E-state index contributed by atoms with van der Waals surface area (Å²) in [6.45, 7) is 4.36. The lowest BCUT2D eigenvalue weighted by Crippen LogP contribution is -2.47. The van der Waals surface area contributed by atoms with Crippen molar-refractivity contribution < 1.29 is 14.3 Å². The van der Waals surface area contributed by atoms with Crippen LogP contribution in [-0.4, -0.2) is 25.8 Å². The summed E-state index contributed by atoms with van der Waals surface area (Å²) < 4.78 is 10.6. The molecule has 0 bridgehead atoms. The fourth-order valence-electron chi connectivity index (χ4n) is 3.06. The second-order valence-corrected chi connectivity index (χ2v) is 5.04. The van der Waals surface area contributed by atoms with Crippen molar-refractivity contribution in [3.63, 3.8) is 0 Å². The number of ether oxygens (including phenoxy) is 2. The van der Waals surface area contributed by atoms with Crippen molar-refractivity contribution in [1.82, 2.24) is 0 Å². The van der Waals surface area contributed by atoms with Gasteiger partial charge in [-0.3, -0.25) is 4.79 Å².